The summed E-state index contributed by atoms with van der Waals surface area (Å²) in [5.41, 5.74) is 9.75. The first kappa shape index (κ1) is 14.5. The summed E-state index contributed by atoms with van der Waals surface area (Å²) in [4.78, 5) is 0. The van der Waals surface area contributed by atoms with Crippen molar-refractivity contribution in [2.24, 2.45) is 0 Å². The van der Waals surface area contributed by atoms with E-state index >= 15 is 0 Å². The summed E-state index contributed by atoms with van der Waals surface area (Å²) in [5.74, 6) is 0.806. The van der Waals surface area contributed by atoms with E-state index < -0.39 is 0 Å². The van der Waals surface area contributed by atoms with Crippen molar-refractivity contribution in [3.05, 3.63) is 83.4 Å². The molecule has 0 atom stereocenters. The Labute approximate surface area is 135 Å². The Bertz CT molecular complexity index is 771. The summed E-state index contributed by atoms with van der Waals surface area (Å²) in [6, 6.07) is 23.5. The second-order valence-electron chi connectivity index (χ2n) is 5.00. The van der Waals surface area contributed by atoms with Gasteiger partial charge in [-0.2, -0.15) is 0 Å². The maximum Gasteiger partial charge on any atom is 0.127 e. The normalized spacial score (nSPS) is 10.4. The van der Waals surface area contributed by atoms with Crippen LogP contribution in [0.15, 0.2) is 72.8 Å². The van der Waals surface area contributed by atoms with Gasteiger partial charge in [-0.3, -0.25) is 0 Å². The third-order valence-electron chi connectivity index (χ3n) is 3.43. The molecular formula is C19H16ClNO. The van der Waals surface area contributed by atoms with E-state index in [0.717, 1.165) is 22.4 Å². The monoisotopic (exact) mass is 309 g/mol. The zero-order valence-electron chi connectivity index (χ0n) is 12.0. The zero-order chi connectivity index (χ0) is 15.4. The smallest absolute Gasteiger partial charge is 0.127 e. The van der Waals surface area contributed by atoms with E-state index in [1.54, 1.807) is 6.07 Å². The lowest BCUT2D eigenvalue weighted by Gasteiger charge is -2.13. The number of hydrogen-bond donors (Lipinski definition) is 1. The highest BCUT2D eigenvalue weighted by Gasteiger charge is 2.09. The average Bonchev–Trinajstić information content (AvgIpc) is 2.54. The molecule has 22 heavy (non-hydrogen) atoms. The fourth-order valence-electron chi connectivity index (χ4n) is 2.33. The molecule has 0 aliphatic carbocycles. The van der Waals surface area contributed by atoms with E-state index in [-0.39, 0.29) is 0 Å². The number of hydrogen-bond acceptors (Lipinski definition) is 2. The molecule has 0 amide bonds. The number of nitrogens with two attached hydrogens (primary N) is 1. The highest BCUT2D eigenvalue weighted by molar-refractivity contribution is 6.31. The highest BCUT2D eigenvalue weighted by Crippen LogP contribution is 2.35. The quantitative estimate of drug-likeness (QED) is 0.675. The minimum atomic E-state index is 0.519. The second-order valence-corrected chi connectivity index (χ2v) is 5.44. The van der Waals surface area contributed by atoms with Gasteiger partial charge in [-0.25, -0.2) is 0 Å². The van der Waals surface area contributed by atoms with Crippen LogP contribution in [0.2, 0.25) is 5.02 Å². The molecule has 2 N–H and O–H groups in total. The van der Waals surface area contributed by atoms with Crippen LogP contribution < -0.4 is 10.5 Å². The molecule has 0 radical (unpaired) electrons. The molecule has 0 spiro atoms. The Kier molecular flexibility index (Phi) is 4.31. The third-order valence-corrected chi connectivity index (χ3v) is 3.66. The van der Waals surface area contributed by atoms with Gasteiger partial charge in [0, 0.05) is 21.8 Å². The van der Waals surface area contributed by atoms with Crippen molar-refractivity contribution < 1.29 is 4.74 Å². The van der Waals surface area contributed by atoms with Crippen LogP contribution in [0.3, 0.4) is 0 Å². The molecular weight excluding hydrogens is 294 g/mol. The van der Waals surface area contributed by atoms with Gasteiger partial charge in [0.25, 0.3) is 0 Å². The van der Waals surface area contributed by atoms with Gasteiger partial charge in [0.2, 0.25) is 0 Å². The van der Waals surface area contributed by atoms with Gasteiger partial charge in [0.05, 0.1) is 0 Å². The molecule has 3 aromatic rings. The summed E-state index contributed by atoms with van der Waals surface area (Å²) in [6.45, 7) is 0.519. The van der Waals surface area contributed by atoms with Crippen molar-refractivity contribution in [3.8, 4) is 16.9 Å². The summed E-state index contributed by atoms with van der Waals surface area (Å²) in [5, 5.41) is 0.629. The Morgan fingerprint density at radius 3 is 2.32 bits per heavy atom. The maximum atomic E-state index is 6.09. The van der Waals surface area contributed by atoms with Crippen LogP contribution in [-0.2, 0) is 6.61 Å². The first-order valence-electron chi connectivity index (χ1n) is 7.05. The Hall–Kier alpha value is -2.45. The molecule has 0 aromatic heterocycles. The van der Waals surface area contributed by atoms with Gasteiger partial charge in [-0.1, -0.05) is 66.2 Å². The summed E-state index contributed by atoms with van der Waals surface area (Å²) < 4.78 is 5.97. The van der Waals surface area contributed by atoms with Crippen LogP contribution in [0.4, 0.5) is 5.69 Å². The highest BCUT2D eigenvalue weighted by atomic mass is 35.5. The van der Waals surface area contributed by atoms with Crippen molar-refractivity contribution in [1.29, 1.82) is 0 Å². The van der Waals surface area contributed by atoms with Crippen molar-refractivity contribution in [2.75, 3.05) is 5.73 Å². The van der Waals surface area contributed by atoms with E-state index in [1.165, 1.54) is 0 Å². The molecule has 0 fully saturated rings. The number of ether oxygens (including phenoxy) is 1. The van der Waals surface area contributed by atoms with Crippen LogP contribution >= 0.6 is 11.6 Å². The zero-order valence-corrected chi connectivity index (χ0v) is 12.8. The molecule has 3 heteroatoms. The molecule has 110 valence electrons. The predicted molar refractivity (Wildman–Crippen MR) is 92.1 cm³/mol. The SMILES string of the molecule is Nc1cc(Cl)ccc1-c1ccccc1OCc1ccccc1. The van der Waals surface area contributed by atoms with Crippen LogP contribution in [-0.4, -0.2) is 0 Å². The lowest BCUT2D eigenvalue weighted by molar-refractivity contribution is 0.307. The lowest BCUT2D eigenvalue weighted by atomic mass is 10.0. The van der Waals surface area contributed by atoms with Crippen molar-refractivity contribution in [1.82, 2.24) is 0 Å². The molecule has 0 saturated carbocycles. The molecule has 0 aliphatic rings. The van der Waals surface area contributed by atoms with Crippen molar-refractivity contribution in [2.45, 2.75) is 6.61 Å². The fourth-order valence-corrected chi connectivity index (χ4v) is 2.51. The van der Waals surface area contributed by atoms with E-state index in [2.05, 4.69) is 0 Å². The van der Waals surface area contributed by atoms with Gasteiger partial charge in [-0.15, -0.1) is 0 Å². The van der Waals surface area contributed by atoms with E-state index in [9.17, 15) is 0 Å². The summed E-state index contributed by atoms with van der Waals surface area (Å²) >= 11 is 5.97. The first-order valence-corrected chi connectivity index (χ1v) is 7.43. The van der Waals surface area contributed by atoms with E-state index in [4.69, 9.17) is 22.1 Å². The third kappa shape index (κ3) is 3.23. The van der Waals surface area contributed by atoms with Gasteiger partial charge >= 0.3 is 0 Å². The minimum absolute atomic E-state index is 0.519. The van der Waals surface area contributed by atoms with E-state index in [1.807, 2.05) is 66.7 Å². The van der Waals surface area contributed by atoms with Crippen molar-refractivity contribution in [3.63, 3.8) is 0 Å². The van der Waals surface area contributed by atoms with Gasteiger partial charge in [-0.05, 0) is 23.8 Å². The lowest BCUT2D eigenvalue weighted by Crippen LogP contribution is -1.98. The standard InChI is InChI=1S/C19H16ClNO/c20-15-10-11-16(18(21)12-15)17-8-4-5-9-19(17)22-13-14-6-2-1-3-7-14/h1-12H,13,21H2. The second kappa shape index (κ2) is 6.54. The summed E-state index contributed by atoms with van der Waals surface area (Å²) in [6.07, 6.45) is 0. The molecule has 0 saturated heterocycles. The van der Waals surface area contributed by atoms with Crippen LogP contribution in [0.5, 0.6) is 5.75 Å². The topological polar surface area (TPSA) is 35.2 Å². The minimum Gasteiger partial charge on any atom is -0.488 e. The molecule has 0 aliphatic heterocycles. The number of para-hydroxylation sites is 1. The number of benzene rings is 3. The Morgan fingerprint density at radius 1 is 0.818 bits per heavy atom. The number of nitrogen functional groups attached to an aromatic ring is 1. The molecule has 3 rings (SSSR count). The maximum absolute atomic E-state index is 6.09. The molecule has 0 unspecified atom stereocenters. The van der Waals surface area contributed by atoms with Gasteiger partial charge in [0.15, 0.2) is 0 Å². The summed E-state index contributed by atoms with van der Waals surface area (Å²) in [7, 11) is 0. The predicted octanol–water partition coefficient (Wildman–Crippen LogP) is 5.17. The number of rotatable bonds is 4. The molecule has 2 nitrogen and oxygen atoms in total. The van der Waals surface area contributed by atoms with Crippen LogP contribution in [0.1, 0.15) is 5.56 Å². The largest absolute Gasteiger partial charge is 0.488 e. The average molecular weight is 310 g/mol. The fraction of sp³-hybridized carbons (Fsp3) is 0.0526. The number of anilines is 1. The van der Waals surface area contributed by atoms with E-state index in [0.29, 0.717) is 17.3 Å². The van der Waals surface area contributed by atoms with Gasteiger partial charge < -0.3 is 10.5 Å². The molecule has 0 bridgehead atoms. The first-order chi connectivity index (χ1) is 10.7. The van der Waals surface area contributed by atoms with Crippen molar-refractivity contribution >= 4 is 17.3 Å². The molecule has 3 aromatic carbocycles. The molecule has 0 heterocycles. The Morgan fingerprint density at radius 2 is 1.55 bits per heavy atom. The van der Waals surface area contributed by atoms with Crippen LogP contribution in [0, 0.1) is 0 Å². The van der Waals surface area contributed by atoms with Crippen LogP contribution in [0.25, 0.3) is 11.1 Å². The number of halogens is 1. The Balaban J connectivity index is 1.90. The van der Waals surface area contributed by atoms with Gasteiger partial charge in [0.1, 0.15) is 12.4 Å².